The zero-order valence-corrected chi connectivity index (χ0v) is 14.5. The minimum atomic E-state index is -0.767. The number of terminal acetylenes is 1. The molecule has 2 radical (unpaired) electrons. The molecule has 1 aliphatic rings. The van der Waals surface area contributed by atoms with Gasteiger partial charge in [-0.05, 0) is 25.7 Å². The predicted octanol–water partition coefficient (Wildman–Crippen LogP) is 1.47. The summed E-state index contributed by atoms with van der Waals surface area (Å²) in [5.41, 5.74) is -0.767. The molecule has 0 aromatic heterocycles. The Morgan fingerprint density at radius 2 is 0.833 bits per heavy atom. The van der Waals surface area contributed by atoms with Crippen LogP contribution in [0.3, 0.4) is 0 Å². The van der Waals surface area contributed by atoms with Gasteiger partial charge in [-0.3, -0.25) is 0 Å². The van der Waals surface area contributed by atoms with Crippen molar-refractivity contribution >= 4 is 0 Å². The van der Waals surface area contributed by atoms with Crippen molar-refractivity contribution in [1.29, 1.82) is 0 Å². The van der Waals surface area contributed by atoms with Crippen LogP contribution < -0.4 is 0 Å². The summed E-state index contributed by atoms with van der Waals surface area (Å²) >= 11 is 0. The zero-order valence-electron chi connectivity index (χ0n) is 12.4. The first-order chi connectivity index (χ1) is 10.8. The molecule has 1 saturated carbocycles. The summed E-state index contributed by atoms with van der Waals surface area (Å²) in [6, 6.07) is 0. The van der Waals surface area contributed by atoms with Crippen molar-refractivity contribution in [2.45, 2.75) is 44.1 Å². The van der Waals surface area contributed by atoms with Gasteiger partial charge in [0.05, 0.1) is 0 Å². The fourth-order valence-electron chi connectivity index (χ4n) is 1.46. The average Bonchev–Trinajstić information content (AvgIpc) is 2.90. The van der Waals surface area contributed by atoms with Gasteiger partial charge in [0, 0.05) is 33.6 Å². The van der Waals surface area contributed by atoms with Crippen molar-refractivity contribution < 1.29 is 66.6 Å². The Morgan fingerprint density at radius 1 is 0.625 bits per heavy atom. The van der Waals surface area contributed by atoms with Gasteiger partial charge in [0.2, 0.25) is 0 Å². The van der Waals surface area contributed by atoms with Gasteiger partial charge in [-0.2, -0.15) is 0 Å². The van der Waals surface area contributed by atoms with E-state index in [0.29, 0.717) is 0 Å². The van der Waals surface area contributed by atoms with Crippen LogP contribution in [0.5, 0.6) is 0 Å². The molecule has 0 amide bonds. The fourth-order valence-corrected chi connectivity index (χ4v) is 1.46. The van der Waals surface area contributed by atoms with E-state index in [4.69, 9.17) is 34.3 Å². The largest absolute Gasteiger partial charge is 0 e. The third kappa shape index (κ3) is 49.7. The molecule has 0 unspecified atom stereocenters. The van der Waals surface area contributed by atoms with Crippen LogP contribution >= 0.6 is 0 Å². The van der Waals surface area contributed by atoms with Gasteiger partial charge in [-0.1, -0.05) is 18.8 Å². The molecule has 1 rings (SSSR count). The van der Waals surface area contributed by atoms with Crippen molar-refractivity contribution in [2.75, 3.05) is 0 Å². The second-order valence-electron chi connectivity index (χ2n) is 3.09. The smallest absolute Gasteiger partial charge is 0 e. The first-order valence-corrected chi connectivity index (χ1v) is 5.19. The normalized spacial score (nSPS) is 10.8. The summed E-state index contributed by atoms with van der Waals surface area (Å²) in [7, 11) is 0. The van der Waals surface area contributed by atoms with E-state index in [1.807, 2.05) is 0 Å². The molecule has 134 valence electrons. The molecule has 0 heterocycles. The summed E-state index contributed by atoms with van der Waals surface area (Å²) in [6.07, 6.45) is 11.4. The molecule has 24 heavy (non-hydrogen) atoms. The molecule has 1 fully saturated rings. The van der Waals surface area contributed by atoms with Gasteiger partial charge in [-0.15, -0.1) is 6.42 Å². The van der Waals surface area contributed by atoms with E-state index in [-0.39, 0.29) is 33.6 Å². The maximum atomic E-state index is 9.62. The summed E-state index contributed by atoms with van der Waals surface area (Å²) in [5.74, 6) is 2.48. The topological polar surface area (TPSA) is 140 Å². The van der Waals surface area contributed by atoms with E-state index in [0.717, 1.165) is 25.7 Å². The average molecular weight is 424 g/mol. The molecule has 1 aliphatic carbocycles. The Morgan fingerprint density at radius 3 is 1.00 bits per heavy atom. The van der Waals surface area contributed by atoms with Gasteiger partial charge in [0.25, 0.3) is 0 Å². The molecule has 0 aromatic rings. The summed E-state index contributed by atoms with van der Waals surface area (Å²) in [6.45, 7) is 27.0. The predicted molar refractivity (Wildman–Crippen MR) is 65.1 cm³/mol. The molecule has 0 aliphatic heterocycles. The second-order valence-corrected chi connectivity index (χ2v) is 3.09. The first-order valence-electron chi connectivity index (χ1n) is 5.19. The molecule has 0 spiro atoms. The maximum absolute atomic E-state index is 9.62. The Bertz CT molecular complexity index is 307. The van der Waals surface area contributed by atoms with Crippen LogP contribution in [0.25, 0.3) is 0 Å². The van der Waals surface area contributed by atoms with Gasteiger partial charge in [0.15, 0.2) is 0 Å². The minimum Gasteiger partial charge on any atom is 0 e. The summed E-state index contributed by atoms with van der Waals surface area (Å²) < 4.78 is 45.0. The van der Waals surface area contributed by atoms with E-state index in [9.17, 15) is 5.11 Å². The maximum Gasteiger partial charge on any atom is 0 e. The van der Waals surface area contributed by atoms with E-state index in [1.165, 1.54) is 12.8 Å². The van der Waals surface area contributed by atoms with E-state index in [2.05, 4.69) is 45.8 Å². The molecule has 9 heteroatoms. The minimum absolute atomic E-state index is 0. The van der Waals surface area contributed by atoms with Gasteiger partial charge < -0.3 is 5.11 Å². The van der Waals surface area contributed by atoms with Crippen LogP contribution in [0.15, 0.2) is 0 Å². The molecule has 0 bridgehead atoms. The Hall–Kier alpha value is -1.03. The zero-order chi connectivity index (χ0) is 19.4. The summed E-state index contributed by atoms with van der Waals surface area (Å²) in [4.78, 5) is 0. The van der Waals surface area contributed by atoms with Gasteiger partial charge >= 0.3 is 67.8 Å². The molecule has 0 saturated heterocycles. The first kappa shape index (κ1) is 49.5. The molecule has 1 N–H and O–H groups in total. The van der Waals surface area contributed by atoms with Crippen LogP contribution in [-0.4, -0.2) is 10.7 Å². The summed E-state index contributed by atoms with van der Waals surface area (Å²) in [5, 5.41) is 9.62. The number of rotatable bonds is 0. The van der Waals surface area contributed by atoms with Crippen molar-refractivity contribution in [3.63, 3.8) is 0 Å². The van der Waals surface area contributed by atoms with Crippen molar-refractivity contribution in [3.05, 3.63) is 39.9 Å². The molecular weight excluding hydrogens is 410 g/mol. The van der Waals surface area contributed by atoms with E-state index >= 15 is 0 Å². The Labute approximate surface area is 163 Å². The van der Waals surface area contributed by atoms with Gasteiger partial charge in [-0.25, -0.2) is 0 Å². The molecular formula is C15H14Co2O7. The van der Waals surface area contributed by atoms with E-state index < -0.39 is 5.60 Å². The standard InChI is InChI=1S/C9H14O.6CO.2Co/c1-2-9(10)7-5-3-4-6-8-9;6*1-2;;/h1,10H,3-8H2;;;;;;;;. The molecule has 0 atom stereocenters. The Kier molecular flexibility index (Phi) is 139. The van der Waals surface area contributed by atoms with Crippen LogP contribution in [0, 0.1) is 52.2 Å². The number of aliphatic hydroxyl groups is 1. The van der Waals surface area contributed by atoms with Crippen molar-refractivity contribution in [1.82, 2.24) is 0 Å². The van der Waals surface area contributed by atoms with E-state index in [1.54, 1.807) is 0 Å². The Balaban J connectivity index is -0.0000000263. The van der Waals surface area contributed by atoms with Crippen LogP contribution in [0.1, 0.15) is 38.5 Å². The van der Waals surface area contributed by atoms with Crippen molar-refractivity contribution in [2.24, 2.45) is 0 Å². The molecule has 0 aromatic carbocycles. The SMILES string of the molecule is C#CC1(O)CCCCCC1.[C-]#[O+].[C-]#[O+].[C-]#[O+].[C-]#[O+].[C-]#[O+].[C-]#[O+].[Co].[Co]. The van der Waals surface area contributed by atoms with Crippen LogP contribution in [-0.2, 0) is 61.5 Å². The quantitative estimate of drug-likeness (QED) is 0.268. The van der Waals surface area contributed by atoms with Crippen molar-refractivity contribution in [3.8, 4) is 12.3 Å². The number of hydrogen-bond donors (Lipinski definition) is 1. The third-order valence-electron chi connectivity index (χ3n) is 2.20. The third-order valence-corrected chi connectivity index (χ3v) is 2.20. The molecule has 7 nitrogen and oxygen atoms in total. The number of hydrogen-bond acceptors (Lipinski definition) is 1. The van der Waals surface area contributed by atoms with Crippen LogP contribution in [0.4, 0.5) is 0 Å². The fraction of sp³-hybridized carbons (Fsp3) is 0.467. The monoisotopic (exact) mass is 424 g/mol. The van der Waals surface area contributed by atoms with Gasteiger partial charge in [0.1, 0.15) is 5.60 Å². The van der Waals surface area contributed by atoms with Crippen LogP contribution in [0.2, 0.25) is 0 Å². The second kappa shape index (κ2) is 67.4.